The first kappa shape index (κ1) is 26.2. The molecule has 0 amide bonds. The molecule has 0 saturated heterocycles. The average Bonchev–Trinajstić information content (AvgIpc) is 3.40. The van der Waals surface area contributed by atoms with Gasteiger partial charge in [0.2, 0.25) is 0 Å². The Morgan fingerprint density at radius 3 is 2.84 bits per heavy atom. The number of nitrogens with zero attached hydrogens (tertiary/aromatic N) is 4. The number of thiazole rings is 1. The van der Waals surface area contributed by atoms with Gasteiger partial charge in [0.1, 0.15) is 5.67 Å². The number of halogens is 3. The summed E-state index contributed by atoms with van der Waals surface area (Å²) in [4.78, 5) is 20.8. The summed E-state index contributed by atoms with van der Waals surface area (Å²) in [6.07, 6.45) is 4.22. The van der Waals surface area contributed by atoms with Crippen molar-refractivity contribution in [2.45, 2.75) is 70.4 Å². The molecule has 0 unspecified atom stereocenters. The zero-order valence-electron chi connectivity index (χ0n) is 21.1. The molecule has 0 N–H and O–H groups in total. The molecule has 2 aliphatic rings. The molecule has 0 radical (unpaired) electrons. The Bertz CT molecular complexity index is 1210. The van der Waals surface area contributed by atoms with Gasteiger partial charge in [0.25, 0.3) is 11.6 Å². The second-order valence-corrected chi connectivity index (χ2v) is 11.4. The highest BCUT2D eigenvalue weighted by Gasteiger charge is 2.36. The van der Waals surface area contributed by atoms with Gasteiger partial charge >= 0.3 is 0 Å². The first-order chi connectivity index (χ1) is 17.8. The van der Waals surface area contributed by atoms with Gasteiger partial charge in [-0.05, 0) is 69.6 Å². The largest absolute Gasteiger partial charge is 0.464 e. The minimum Gasteiger partial charge on any atom is -0.464 e. The van der Waals surface area contributed by atoms with Gasteiger partial charge in [-0.3, -0.25) is 4.79 Å². The van der Waals surface area contributed by atoms with Crippen molar-refractivity contribution in [3.05, 3.63) is 46.2 Å². The number of ether oxygens (including phenoxy) is 1. The van der Waals surface area contributed by atoms with Gasteiger partial charge in [-0.15, -0.1) is 0 Å². The van der Waals surface area contributed by atoms with Crippen LogP contribution in [0.4, 0.5) is 13.2 Å². The molecule has 1 saturated carbocycles. The number of ketones is 1. The van der Waals surface area contributed by atoms with E-state index < -0.39 is 18.7 Å². The molecule has 10 heteroatoms. The lowest BCUT2D eigenvalue weighted by molar-refractivity contribution is 0.0573. The van der Waals surface area contributed by atoms with Crippen molar-refractivity contribution < 1.29 is 22.7 Å². The Kier molecular flexibility index (Phi) is 7.85. The quantitative estimate of drug-likeness (QED) is 0.330. The molecule has 6 nitrogen and oxygen atoms in total. The van der Waals surface area contributed by atoms with Crippen molar-refractivity contribution in [2.75, 3.05) is 26.2 Å². The molecule has 37 heavy (non-hydrogen) atoms. The highest BCUT2D eigenvalue weighted by atomic mass is 32.1. The molecule has 0 aromatic carbocycles. The van der Waals surface area contributed by atoms with Gasteiger partial charge in [0, 0.05) is 49.1 Å². The SMILES string of the molecule is Cc1cc2c(C(=O)CC3CCC(F)(CCN4CCc5nc(OCC(F)F)sc5CC4)CC3)cccn2n1. The Balaban J connectivity index is 1.08. The third kappa shape index (κ3) is 6.34. The van der Waals surface area contributed by atoms with E-state index in [1.165, 1.54) is 11.3 Å². The molecule has 0 bridgehead atoms. The molecule has 0 atom stereocenters. The number of pyridine rings is 1. The number of carbonyl (C=O) groups is 1. The minimum atomic E-state index is -2.51. The maximum absolute atomic E-state index is 15.7. The van der Waals surface area contributed by atoms with Gasteiger partial charge in [-0.25, -0.2) is 22.7 Å². The molecule has 3 aromatic heterocycles. The van der Waals surface area contributed by atoms with Crippen molar-refractivity contribution in [1.82, 2.24) is 19.5 Å². The van der Waals surface area contributed by atoms with Crippen LogP contribution in [0.2, 0.25) is 0 Å². The number of carbonyl (C=O) groups excluding carboxylic acids is 1. The zero-order chi connectivity index (χ0) is 26.0. The zero-order valence-corrected chi connectivity index (χ0v) is 21.9. The van der Waals surface area contributed by atoms with E-state index in [1.807, 2.05) is 31.3 Å². The Hall–Kier alpha value is -2.46. The van der Waals surface area contributed by atoms with Crippen molar-refractivity contribution in [3.8, 4) is 5.19 Å². The fourth-order valence-corrected chi connectivity index (χ4v) is 6.51. The lowest BCUT2D eigenvalue weighted by atomic mass is 9.76. The number of hydrogen-bond donors (Lipinski definition) is 0. The van der Waals surface area contributed by atoms with Crippen LogP contribution in [-0.2, 0) is 12.8 Å². The Morgan fingerprint density at radius 1 is 1.27 bits per heavy atom. The second kappa shape index (κ2) is 11.1. The van der Waals surface area contributed by atoms with Gasteiger partial charge in [-0.1, -0.05) is 11.3 Å². The molecule has 1 fully saturated rings. The fraction of sp³-hybridized carbons (Fsp3) is 0.593. The van der Waals surface area contributed by atoms with Gasteiger partial charge < -0.3 is 9.64 Å². The number of Topliss-reactive ketones (excluding diaryl/α,β-unsaturated/α-hetero) is 1. The number of aryl methyl sites for hydroxylation is 1. The first-order valence-corrected chi connectivity index (χ1v) is 13.9. The van der Waals surface area contributed by atoms with Crippen LogP contribution in [0.15, 0.2) is 24.4 Å². The number of aromatic nitrogens is 3. The normalized spacial score (nSPS) is 22.8. The van der Waals surface area contributed by atoms with E-state index >= 15 is 4.39 Å². The second-order valence-electron chi connectivity index (χ2n) is 10.4. The summed E-state index contributed by atoms with van der Waals surface area (Å²) in [6, 6.07) is 5.63. The molecule has 1 aliphatic carbocycles. The number of alkyl halides is 3. The van der Waals surface area contributed by atoms with E-state index in [0.717, 1.165) is 60.6 Å². The molecular formula is C27H33F3N4O2S. The smallest absolute Gasteiger partial charge is 0.273 e. The van der Waals surface area contributed by atoms with Crippen LogP contribution in [0.25, 0.3) is 5.52 Å². The third-order valence-electron chi connectivity index (χ3n) is 7.69. The van der Waals surface area contributed by atoms with Crippen molar-refractivity contribution in [1.29, 1.82) is 0 Å². The lowest BCUT2D eigenvalue weighted by Crippen LogP contribution is -2.36. The molecule has 3 aromatic rings. The van der Waals surface area contributed by atoms with Crippen molar-refractivity contribution in [2.24, 2.45) is 5.92 Å². The maximum Gasteiger partial charge on any atom is 0.273 e. The van der Waals surface area contributed by atoms with E-state index in [2.05, 4.69) is 15.0 Å². The first-order valence-electron chi connectivity index (χ1n) is 13.1. The van der Waals surface area contributed by atoms with E-state index in [-0.39, 0.29) is 11.7 Å². The number of rotatable bonds is 9. The van der Waals surface area contributed by atoms with E-state index in [9.17, 15) is 13.6 Å². The van der Waals surface area contributed by atoms with Gasteiger partial charge in [0.15, 0.2) is 12.4 Å². The summed E-state index contributed by atoms with van der Waals surface area (Å²) >= 11 is 1.34. The third-order valence-corrected chi connectivity index (χ3v) is 8.76. The molecule has 5 rings (SSSR count). The predicted molar refractivity (Wildman–Crippen MR) is 137 cm³/mol. The Morgan fingerprint density at radius 2 is 2.05 bits per heavy atom. The lowest BCUT2D eigenvalue weighted by Gasteiger charge is -2.35. The van der Waals surface area contributed by atoms with Crippen LogP contribution in [0.3, 0.4) is 0 Å². The van der Waals surface area contributed by atoms with Crippen LogP contribution in [0.1, 0.15) is 65.1 Å². The van der Waals surface area contributed by atoms with Crippen LogP contribution in [-0.4, -0.2) is 63.6 Å². The number of fused-ring (bicyclic) bond motifs is 2. The molecule has 1 aliphatic heterocycles. The van der Waals surface area contributed by atoms with Crippen LogP contribution >= 0.6 is 11.3 Å². The summed E-state index contributed by atoms with van der Waals surface area (Å²) in [6.45, 7) is 3.54. The topological polar surface area (TPSA) is 59.7 Å². The van der Waals surface area contributed by atoms with E-state index in [1.54, 1.807) is 4.52 Å². The van der Waals surface area contributed by atoms with Crippen LogP contribution in [0.5, 0.6) is 5.19 Å². The fourth-order valence-electron chi connectivity index (χ4n) is 5.56. The van der Waals surface area contributed by atoms with Crippen LogP contribution in [0, 0.1) is 12.8 Å². The standard InChI is InChI=1S/C27H33F3N4O2S/c1-18-15-22-20(3-2-11-34(22)32-18)23(35)16-19-4-8-27(30,9-5-19)10-14-33-12-6-21-24(7-13-33)37-26(31-21)36-17-25(28)29/h2-3,11,15,19,25H,4-10,12-14,16-17H2,1H3. The summed E-state index contributed by atoms with van der Waals surface area (Å²) < 4.78 is 47.3. The monoisotopic (exact) mass is 534 g/mol. The van der Waals surface area contributed by atoms with E-state index in [4.69, 9.17) is 4.74 Å². The summed E-state index contributed by atoms with van der Waals surface area (Å²) in [5.74, 6) is 0.317. The van der Waals surface area contributed by atoms with Gasteiger partial charge in [0.05, 0.1) is 16.9 Å². The number of hydrogen-bond acceptors (Lipinski definition) is 6. The molecular weight excluding hydrogens is 501 g/mol. The van der Waals surface area contributed by atoms with Crippen molar-refractivity contribution in [3.63, 3.8) is 0 Å². The summed E-state index contributed by atoms with van der Waals surface area (Å²) in [5.41, 5.74) is 2.13. The molecule has 4 heterocycles. The molecule has 200 valence electrons. The summed E-state index contributed by atoms with van der Waals surface area (Å²) in [5, 5.41) is 4.70. The molecule has 0 spiro atoms. The van der Waals surface area contributed by atoms with Crippen LogP contribution < -0.4 is 4.74 Å². The highest BCUT2D eigenvalue weighted by Crippen LogP contribution is 2.39. The highest BCUT2D eigenvalue weighted by molar-refractivity contribution is 7.13. The Labute approximate surface area is 218 Å². The predicted octanol–water partition coefficient (Wildman–Crippen LogP) is 5.71. The van der Waals surface area contributed by atoms with Gasteiger partial charge in [-0.2, -0.15) is 5.10 Å². The van der Waals surface area contributed by atoms with E-state index in [0.29, 0.717) is 43.0 Å². The average molecular weight is 535 g/mol. The maximum atomic E-state index is 15.7. The summed E-state index contributed by atoms with van der Waals surface area (Å²) in [7, 11) is 0. The van der Waals surface area contributed by atoms with Crippen molar-refractivity contribution >= 4 is 22.6 Å². The minimum absolute atomic E-state index is 0.107.